The Morgan fingerprint density at radius 2 is 1.83 bits per heavy atom. The minimum Gasteiger partial charge on any atom is -0.492 e. The molecule has 3 heterocycles. The van der Waals surface area contributed by atoms with Crippen LogP contribution in [0.15, 0.2) is 29.1 Å². The van der Waals surface area contributed by atoms with E-state index in [0.717, 1.165) is 0 Å². The molecule has 0 atom stereocenters. The summed E-state index contributed by atoms with van der Waals surface area (Å²) in [5.41, 5.74) is 5.27. The molecule has 9 nitrogen and oxygen atoms in total. The predicted molar refractivity (Wildman–Crippen MR) is 103 cm³/mol. The highest BCUT2D eigenvalue weighted by Crippen LogP contribution is 2.29. The van der Waals surface area contributed by atoms with E-state index in [1.54, 1.807) is 16.0 Å². The number of piperazine rings is 1. The normalized spacial score (nSPS) is 19.1. The lowest BCUT2D eigenvalue weighted by atomic mass is 10.2. The standard InChI is InChI=1S/C18H23F2N7O2/c1-24-10-15-22-17(23-18(28)27(15)11-24)26-5-3-25(4-6-26)16-13(19)8-12(9-14(16)20)29-7-2-21/h8-10H,2-7,11,21H2,1H3,(H,22,23,28). The van der Waals surface area contributed by atoms with Gasteiger partial charge in [-0.2, -0.15) is 4.99 Å². The highest BCUT2D eigenvalue weighted by Gasteiger charge is 2.33. The van der Waals surface area contributed by atoms with Crippen molar-refractivity contribution in [3.05, 3.63) is 35.8 Å². The minimum atomic E-state index is -0.677. The number of ether oxygens (including phenoxy) is 1. The second-order valence-corrected chi connectivity index (χ2v) is 7.03. The number of carbonyl (C=O) groups is 1. The highest BCUT2D eigenvalue weighted by atomic mass is 19.1. The van der Waals surface area contributed by atoms with Crippen molar-refractivity contribution in [3.63, 3.8) is 0 Å². The Kier molecular flexibility index (Phi) is 5.14. The van der Waals surface area contributed by atoms with Gasteiger partial charge < -0.3 is 25.2 Å². The van der Waals surface area contributed by atoms with Crippen LogP contribution in [0.4, 0.5) is 19.3 Å². The quantitative estimate of drug-likeness (QED) is 0.756. The van der Waals surface area contributed by atoms with Gasteiger partial charge in [-0.25, -0.2) is 13.6 Å². The third-order valence-corrected chi connectivity index (χ3v) is 4.93. The number of fused-ring (bicyclic) bond motifs is 1. The number of hydrogen-bond donors (Lipinski definition) is 2. The summed E-state index contributed by atoms with van der Waals surface area (Å²) in [6.07, 6.45) is 1.80. The van der Waals surface area contributed by atoms with E-state index in [0.29, 0.717) is 44.6 Å². The van der Waals surface area contributed by atoms with E-state index in [1.807, 2.05) is 16.8 Å². The number of rotatable bonds is 4. The van der Waals surface area contributed by atoms with Crippen molar-refractivity contribution in [2.24, 2.45) is 10.7 Å². The monoisotopic (exact) mass is 407 g/mol. The molecule has 0 aliphatic carbocycles. The molecule has 1 fully saturated rings. The number of hydrogen-bond acceptors (Lipinski definition) is 7. The SMILES string of the molecule is CN1C=C2N=C(N3CCN(c4c(F)cc(OCCN)cc4F)CC3)NC(=O)N2C1. The summed E-state index contributed by atoms with van der Waals surface area (Å²) in [5, 5.41) is 2.78. The molecule has 2 amide bonds. The Morgan fingerprint density at radius 1 is 1.17 bits per heavy atom. The van der Waals surface area contributed by atoms with Crippen LogP contribution in [0.2, 0.25) is 0 Å². The van der Waals surface area contributed by atoms with Crippen LogP contribution in [0, 0.1) is 11.6 Å². The van der Waals surface area contributed by atoms with E-state index >= 15 is 0 Å². The van der Waals surface area contributed by atoms with Gasteiger partial charge >= 0.3 is 6.03 Å². The fourth-order valence-electron chi connectivity index (χ4n) is 3.56. The van der Waals surface area contributed by atoms with Gasteiger partial charge in [-0.1, -0.05) is 0 Å². The topological polar surface area (TPSA) is 89.7 Å². The van der Waals surface area contributed by atoms with Gasteiger partial charge in [0.15, 0.2) is 17.5 Å². The molecule has 0 spiro atoms. The smallest absolute Gasteiger partial charge is 0.331 e. The molecule has 0 radical (unpaired) electrons. The number of nitrogens with one attached hydrogen (secondary N) is 1. The number of urea groups is 1. The van der Waals surface area contributed by atoms with Gasteiger partial charge in [-0.3, -0.25) is 10.2 Å². The molecule has 0 aromatic heterocycles. The molecule has 0 bridgehead atoms. The largest absolute Gasteiger partial charge is 0.492 e. The summed E-state index contributed by atoms with van der Waals surface area (Å²) in [4.78, 5) is 23.7. The fourth-order valence-corrected chi connectivity index (χ4v) is 3.56. The Bertz CT molecular complexity index is 845. The molecule has 3 N–H and O–H groups in total. The van der Waals surface area contributed by atoms with E-state index in [4.69, 9.17) is 10.5 Å². The zero-order valence-electron chi connectivity index (χ0n) is 16.1. The molecule has 4 rings (SSSR count). The van der Waals surface area contributed by atoms with Gasteiger partial charge in [0.05, 0.1) is 0 Å². The first-order valence-electron chi connectivity index (χ1n) is 9.37. The van der Waals surface area contributed by atoms with Gasteiger partial charge in [0.2, 0.25) is 5.96 Å². The maximum atomic E-state index is 14.5. The summed E-state index contributed by atoms with van der Waals surface area (Å²) in [6, 6.07) is 2.10. The van der Waals surface area contributed by atoms with Crippen LogP contribution in [0.5, 0.6) is 5.75 Å². The number of nitrogens with two attached hydrogens (primary N) is 1. The molecular formula is C18H23F2N7O2. The molecule has 29 heavy (non-hydrogen) atoms. The molecule has 0 unspecified atom stereocenters. The molecular weight excluding hydrogens is 384 g/mol. The summed E-state index contributed by atoms with van der Waals surface area (Å²) in [7, 11) is 1.86. The molecule has 156 valence electrons. The van der Waals surface area contributed by atoms with Crippen LogP contribution < -0.4 is 20.7 Å². The molecule has 0 saturated carbocycles. The molecule has 1 aromatic carbocycles. The van der Waals surface area contributed by atoms with E-state index < -0.39 is 11.6 Å². The Balaban J connectivity index is 1.44. The van der Waals surface area contributed by atoms with Crippen LogP contribution >= 0.6 is 0 Å². The highest BCUT2D eigenvalue weighted by molar-refractivity contribution is 5.99. The second-order valence-electron chi connectivity index (χ2n) is 7.03. The first kappa shape index (κ1) is 19.2. The number of anilines is 1. The summed E-state index contributed by atoms with van der Waals surface area (Å²) in [6.45, 7) is 2.60. The lowest BCUT2D eigenvalue weighted by molar-refractivity contribution is 0.203. The maximum Gasteiger partial charge on any atom is 0.331 e. The average molecular weight is 407 g/mol. The second kappa shape index (κ2) is 7.74. The van der Waals surface area contributed by atoms with Gasteiger partial charge in [0.25, 0.3) is 0 Å². The van der Waals surface area contributed by atoms with Crippen LogP contribution in [-0.2, 0) is 0 Å². The van der Waals surface area contributed by atoms with Crippen molar-refractivity contribution in [1.29, 1.82) is 0 Å². The minimum absolute atomic E-state index is 0.0781. The van der Waals surface area contributed by atoms with Crippen molar-refractivity contribution in [1.82, 2.24) is 20.0 Å². The number of nitrogens with zero attached hydrogens (tertiary/aromatic N) is 5. The third kappa shape index (κ3) is 3.77. The van der Waals surface area contributed by atoms with Crippen molar-refractivity contribution < 1.29 is 18.3 Å². The van der Waals surface area contributed by atoms with Crippen LogP contribution in [-0.4, -0.2) is 79.7 Å². The molecule has 1 saturated heterocycles. The number of amides is 2. The number of halogens is 2. The number of guanidine groups is 1. The zero-order valence-corrected chi connectivity index (χ0v) is 16.1. The Labute approximate surface area is 167 Å². The number of carbonyl (C=O) groups excluding carboxylic acids is 1. The van der Waals surface area contributed by atoms with Gasteiger partial charge in [0.1, 0.15) is 24.7 Å². The van der Waals surface area contributed by atoms with Crippen molar-refractivity contribution >= 4 is 17.7 Å². The Morgan fingerprint density at radius 3 is 2.48 bits per heavy atom. The first-order chi connectivity index (χ1) is 14.0. The van der Waals surface area contributed by atoms with Crippen molar-refractivity contribution in [2.75, 3.05) is 57.9 Å². The molecule has 3 aliphatic rings. The average Bonchev–Trinajstić information content (AvgIpc) is 3.07. The molecule has 1 aromatic rings. The van der Waals surface area contributed by atoms with Crippen LogP contribution in [0.1, 0.15) is 0 Å². The van der Waals surface area contributed by atoms with E-state index in [9.17, 15) is 13.6 Å². The summed E-state index contributed by atoms with van der Waals surface area (Å²) in [5.74, 6) is -0.198. The van der Waals surface area contributed by atoms with E-state index in [1.165, 1.54) is 12.1 Å². The van der Waals surface area contributed by atoms with Crippen molar-refractivity contribution in [3.8, 4) is 5.75 Å². The summed E-state index contributed by atoms with van der Waals surface area (Å²) >= 11 is 0. The van der Waals surface area contributed by atoms with E-state index in [-0.39, 0.29) is 30.6 Å². The number of aliphatic imine (C=N–C) groups is 1. The van der Waals surface area contributed by atoms with Crippen LogP contribution in [0.25, 0.3) is 0 Å². The van der Waals surface area contributed by atoms with Crippen LogP contribution in [0.3, 0.4) is 0 Å². The van der Waals surface area contributed by atoms with Crippen molar-refractivity contribution in [2.45, 2.75) is 0 Å². The van der Waals surface area contributed by atoms with Gasteiger partial charge in [-0.15, -0.1) is 0 Å². The lowest BCUT2D eigenvalue weighted by Gasteiger charge is -2.39. The number of benzene rings is 1. The molecule has 11 heteroatoms. The lowest BCUT2D eigenvalue weighted by Crippen LogP contribution is -2.57. The van der Waals surface area contributed by atoms with Gasteiger partial charge in [0, 0.05) is 58.1 Å². The zero-order chi connectivity index (χ0) is 20.5. The summed E-state index contributed by atoms with van der Waals surface area (Å²) < 4.78 is 34.2. The Hall–Kier alpha value is -3.08. The van der Waals surface area contributed by atoms with E-state index in [2.05, 4.69) is 10.3 Å². The first-order valence-corrected chi connectivity index (χ1v) is 9.37. The molecule has 3 aliphatic heterocycles. The third-order valence-electron chi connectivity index (χ3n) is 4.93. The van der Waals surface area contributed by atoms with Gasteiger partial charge in [-0.05, 0) is 0 Å². The predicted octanol–water partition coefficient (Wildman–Crippen LogP) is 0.507. The maximum absolute atomic E-state index is 14.5. The fraction of sp³-hybridized carbons (Fsp3) is 0.444.